The van der Waals surface area contributed by atoms with E-state index in [1.54, 1.807) is 17.2 Å². The Morgan fingerprint density at radius 2 is 1.69 bits per heavy atom. The minimum absolute atomic E-state index is 0.844. The number of hydrogen-bond donors (Lipinski definition) is 0. The summed E-state index contributed by atoms with van der Waals surface area (Å²) in [5, 5.41) is 8.07. The van der Waals surface area contributed by atoms with Crippen molar-refractivity contribution in [3.05, 3.63) is 48.3 Å². The van der Waals surface area contributed by atoms with Crippen molar-refractivity contribution in [2.75, 3.05) is 0 Å². The van der Waals surface area contributed by atoms with E-state index in [0.717, 1.165) is 13.0 Å². The molecule has 3 nitrogen and oxygen atoms in total. The number of benzene rings is 1. The molecule has 13 heavy (non-hydrogen) atoms. The summed E-state index contributed by atoms with van der Waals surface area (Å²) < 4.78 is 0. The van der Waals surface area contributed by atoms with Crippen LogP contribution in [-0.4, -0.2) is 15.0 Å². The Bertz CT molecular complexity index is 340. The van der Waals surface area contributed by atoms with Gasteiger partial charge >= 0.3 is 0 Å². The van der Waals surface area contributed by atoms with Crippen molar-refractivity contribution in [2.24, 2.45) is 0 Å². The van der Waals surface area contributed by atoms with Crippen molar-refractivity contribution in [1.82, 2.24) is 15.0 Å². The maximum atomic E-state index is 4.04. The van der Waals surface area contributed by atoms with Crippen molar-refractivity contribution < 1.29 is 0 Å². The van der Waals surface area contributed by atoms with E-state index in [9.17, 15) is 0 Å². The fourth-order valence-electron chi connectivity index (χ4n) is 1.23. The molecule has 0 radical (unpaired) electrons. The standard InChI is InChI=1S/C10H11N3/c1-2-4-10(5-3-1)6-9-13-11-7-8-12-13/h1-5,7-8H,6,9H2. The van der Waals surface area contributed by atoms with E-state index in [0.29, 0.717) is 0 Å². The number of aryl methyl sites for hydroxylation is 2. The van der Waals surface area contributed by atoms with Gasteiger partial charge in [-0.05, 0) is 12.0 Å². The molecular weight excluding hydrogens is 162 g/mol. The van der Waals surface area contributed by atoms with Crippen molar-refractivity contribution in [3.63, 3.8) is 0 Å². The molecule has 1 aromatic carbocycles. The second kappa shape index (κ2) is 3.85. The summed E-state index contributed by atoms with van der Waals surface area (Å²) in [4.78, 5) is 1.70. The molecule has 0 saturated carbocycles. The van der Waals surface area contributed by atoms with Crippen LogP contribution >= 0.6 is 0 Å². The van der Waals surface area contributed by atoms with E-state index < -0.39 is 0 Å². The van der Waals surface area contributed by atoms with E-state index in [1.807, 2.05) is 18.2 Å². The SMILES string of the molecule is c1ccc(CCn2nccn2)cc1. The van der Waals surface area contributed by atoms with E-state index in [2.05, 4.69) is 22.3 Å². The minimum atomic E-state index is 0.844. The van der Waals surface area contributed by atoms with Gasteiger partial charge in [-0.25, -0.2) is 0 Å². The predicted octanol–water partition coefficient (Wildman–Crippen LogP) is 1.52. The van der Waals surface area contributed by atoms with Crippen LogP contribution < -0.4 is 0 Å². The van der Waals surface area contributed by atoms with Gasteiger partial charge in [0, 0.05) is 0 Å². The average molecular weight is 173 g/mol. The Labute approximate surface area is 77.0 Å². The monoisotopic (exact) mass is 173 g/mol. The van der Waals surface area contributed by atoms with Crippen molar-refractivity contribution in [1.29, 1.82) is 0 Å². The average Bonchev–Trinajstić information content (AvgIpc) is 2.69. The summed E-state index contributed by atoms with van der Waals surface area (Å²) in [5.41, 5.74) is 1.32. The largest absolute Gasteiger partial charge is 0.185 e. The van der Waals surface area contributed by atoms with Gasteiger partial charge in [0.25, 0.3) is 0 Å². The molecule has 0 spiro atoms. The molecule has 0 aliphatic carbocycles. The van der Waals surface area contributed by atoms with Crippen LogP contribution in [0.4, 0.5) is 0 Å². The molecule has 0 aliphatic heterocycles. The zero-order chi connectivity index (χ0) is 8.93. The van der Waals surface area contributed by atoms with E-state index in [4.69, 9.17) is 0 Å². The van der Waals surface area contributed by atoms with Crippen molar-refractivity contribution >= 4 is 0 Å². The van der Waals surface area contributed by atoms with Crippen LogP contribution in [0.15, 0.2) is 42.7 Å². The smallest absolute Gasteiger partial charge is 0.0693 e. The fraction of sp³-hybridized carbons (Fsp3) is 0.200. The van der Waals surface area contributed by atoms with Gasteiger partial charge in [-0.15, -0.1) is 0 Å². The van der Waals surface area contributed by atoms with Gasteiger partial charge in [-0.2, -0.15) is 15.0 Å². The van der Waals surface area contributed by atoms with Gasteiger partial charge in [0.05, 0.1) is 18.9 Å². The third kappa shape index (κ3) is 2.15. The lowest BCUT2D eigenvalue weighted by molar-refractivity contribution is 0.537. The van der Waals surface area contributed by atoms with Crippen LogP contribution in [0.1, 0.15) is 5.56 Å². The second-order valence-electron chi connectivity index (χ2n) is 2.86. The molecule has 2 rings (SSSR count). The van der Waals surface area contributed by atoms with Gasteiger partial charge in [0.1, 0.15) is 0 Å². The molecule has 3 heteroatoms. The molecule has 1 aromatic heterocycles. The van der Waals surface area contributed by atoms with Gasteiger partial charge < -0.3 is 0 Å². The van der Waals surface area contributed by atoms with Gasteiger partial charge in [0.2, 0.25) is 0 Å². The van der Waals surface area contributed by atoms with Crippen LogP contribution in [0.3, 0.4) is 0 Å². The molecule has 0 amide bonds. The van der Waals surface area contributed by atoms with Gasteiger partial charge in [-0.1, -0.05) is 30.3 Å². The third-order valence-corrected chi connectivity index (χ3v) is 1.91. The zero-order valence-corrected chi connectivity index (χ0v) is 7.30. The maximum Gasteiger partial charge on any atom is 0.0693 e. The summed E-state index contributed by atoms with van der Waals surface area (Å²) in [6.45, 7) is 0.844. The molecule has 2 aromatic rings. The highest BCUT2D eigenvalue weighted by Crippen LogP contribution is 1.99. The third-order valence-electron chi connectivity index (χ3n) is 1.91. The number of rotatable bonds is 3. The Morgan fingerprint density at radius 3 is 2.38 bits per heavy atom. The van der Waals surface area contributed by atoms with Crippen LogP contribution in [0.5, 0.6) is 0 Å². The first kappa shape index (κ1) is 7.98. The highest BCUT2D eigenvalue weighted by molar-refractivity contribution is 5.14. The quantitative estimate of drug-likeness (QED) is 0.704. The van der Waals surface area contributed by atoms with Crippen LogP contribution in [0.2, 0.25) is 0 Å². The molecule has 0 atom stereocenters. The Morgan fingerprint density at radius 1 is 1.00 bits per heavy atom. The number of aromatic nitrogens is 3. The van der Waals surface area contributed by atoms with Gasteiger partial charge in [-0.3, -0.25) is 0 Å². The maximum absolute atomic E-state index is 4.04. The first-order chi connectivity index (χ1) is 6.45. The van der Waals surface area contributed by atoms with E-state index in [1.165, 1.54) is 5.56 Å². The lowest BCUT2D eigenvalue weighted by atomic mass is 10.2. The van der Waals surface area contributed by atoms with Crippen molar-refractivity contribution in [2.45, 2.75) is 13.0 Å². The zero-order valence-electron chi connectivity index (χ0n) is 7.30. The van der Waals surface area contributed by atoms with Crippen LogP contribution in [-0.2, 0) is 13.0 Å². The highest BCUT2D eigenvalue weighted by Gasteiger charge is 1.93. The van der Waals surface area contributed by atoms with Crippen LogP contribution in [0, 0.1) is 0 Å². The molecular formula is C10H11N3. The number of nitrogens with zero attached hydrogens (tertiary/aromatic N) is 3. The second-order valence-corrected chi connectivity index (χ2v) is 2.86. The first-order valence-electron chi connectivity index (χ1n) is 4.33. The number of hydrogen-bond acceptors (Lipinski definition) is 2. The van der Waals surface area contributed by atoms with E-state index in [-0.39, 0.29) is 0 Å². The Balaban J connectivity index is 1.94. The molecule has 0 fully saturated rings. The fourth-order valence-corrected chi connectivity index (χ4v) is 1.23. The molecule has 0 unspecified atom stereocenters. The lowest BCUT2D eigenvalue weighted by Gasteiger charge is -1.99. The molecule has 66 valence electrons. The lowest BCUT2D eigenvalue weighted by Crippen LogP contribution is -2.04. The van der Waals surface area contributed by atoms with Crippen molar-refractivity contribution in [3.8, 4) is 0 Å². The topological polar surface area (TPSA) is 30.7 Å². The summed E-state index contributed by atoms with van der Waals surface area (Å²) in [6.07, 6.45) is 4.38. The van der Waals surface area contributed by atoms with Gasteiger partial charge in [0.15, 0.2) is 0 Å². The van der Waals surface area contributed by atoms with E-state index >= 15 is 0 Å². The predicted molar refractivity (Wildman–Crippen MR) is 50.2 cm³/mol. The summed E-state index contributed by atoms with van der Waals surface area (Å²) in [6, 6.07) is 10.3. The molecule has 1 heterocycles. The van der Waals surface area contributed by atoms with Crippen LogP contribution in [0.25, 0.3) is 0 Å². The summed E-state index contributed by atoms with van der Waals surface area (Å²) >= 11 is 0. The Kier molecular flexibility index (Phi) is 2.36. The highest BCUT2D eigenvalue weighted by atomic mass is 15.5. The Hall–Kier alpha value is -1.64. The molecule has 0 bridgehead atoms. The molecule has 0 N–H and O–H groups in total. The molecule has 0 saturated heterocycles. The summed E-state index contributed by atoms with van der Waals surface area (Å²) in [7, 11) is 0. The summed E-state index contributed by atoms with van der Waals surface area (Å²) in [5.74, 6) is 0. The minimum Gasteiger partial charge on any atom is -0.185 e. The molecule has 0 aliphatic rings. The normalized spacial score (nSPS) is 10.2. The first-order valence-corrected chi connectivity index (χ1v) is 4.33.